The van der Waals surface area contributed by atoms with E-state index in [-0.39, 0.29) is 23.6 Å². The van der Waals surface area contributed by atoms with E-state index < -0.39 is 9.84 Å². The van der Waals surface area contributed by atoms with Crippen LogP contribution in [0.4, 0.5) is 0 Å². The van der Waals surface area contributed by atoms with Crippen molar-refractivity contribution in [2.45, 2.75) is 36.1 Å². The second-order valence-corrected chi connectivity index (χ2v) is 9.29. The molecule has 0 N–H and O–H groups in total. The second-order valence-electron chi connectivity index (χ2n) is 7.21. The van der Waals surface area contributed by atoms with E-state index in [1.807, 2.05) is 41.3 Å². The van der Waals surface area contributed by atoms with E-state index in [9.17, 15) is 13.2 Å². The molecule has 1 fully saturated rings. The number of hydrogen-bond donors (Lipinski definition) is 0. The molecule has 0 saturated carbocycles. The van der Waals surface area contributed by atoms with Gasteiger partial charge in [0, 0.05) is 6.54 Å². The molecule has 5 heteroatoms. The van der Waals surface area contributed by atoms with Gasteiger partial charge in [0.2, 0.25) is 5.91 Å². The zero-order valence-electron chi connectivity index (χ0n) is 15.1. The highest BCUT2D eigenvalue weighted by molar-refractivity contribution is 7.91. The monoisotopic (exact) mass is 381 g/mol. The molecule has 2 heterocycles. The minimum Gasteiger partial charge on any atom is -0.336 e. The molecule has 140 valence electrons. The van der Waals surface area contributed by atoms with Crippen molar-refractivity contribution in [1.82, 2.24) is 4.90 Å². The fourth-order valence-electron chi connectivity index (χ4n) is 4.10. The summed E-state index contributed by atoms with van der Waals surface area (Å²) in [5.41, 5.74) is 1.78. The summed E-state index contributed by atoms with van der Waals surface area (Å²) in [6.07, 6.45) is 6.45. The molecule has 1 amide bonds. The molecule has 0 radical (unpaired) electrons. The molecule has 2 aliphatic heterocycles. The lowest BCUT2D eigenvalue weighted by Gasteiger charge is -2.31. The van der Waals surface area contributed by atoms with Gasteiger partial charge < -0.3 is 4.90 Å². The Balaban J connectivity index is 1.58. The maximum atomic E-state index is 13.3. The highest BCUT2D eigenvalue weighted by Gasteiger charge is 2.38. The molecular weight excluding hydrogens is 358 g/mol. The summed E-state index contributed by atoms with van der Waals surface area (Å²) < 4.78 is 24.7. The molecule has 4 rings (SSSR count). The quantitative estimate of drug-likeness (QED) is 0.815. The number of sulfone groups is 1. The van der Waals surface area contributed by atoms with Gasteiger partial charge in [0.05, 0.1) is 22.6 Å². The van der Waals surface area contributed by atoms with Crippen LogP contribution in [0.2, 0.25) is 0 Å². The molecule has 1 saturated heterocycles. The highest BCUT2D eigenvalue weighted by Crippen LogP contribution is 2.36. The number of hydrogen-bond acceptors (Lipinski definition) is 3. The number of rotatable bonds is 3. The van der Waals surface area contributed by atoms with Crippen molar-refractivity contribution in [1.29, 1.82) is 0 Å². The lowest BCUT2D eigenvalue weighted by atomic mass is 9.94. The first-order valence-electron chi connectivity index (χ1n) is 9.42. The Morgan fingerprint density at radius 1 is 1.00 bits per heavy atom. The molecule has 2 atom stereocenters. The average Bonchev–Trinajstić information content (AvgIpc) is 3.16. The molecule has 2 unspecified atom stereocenters. The molecule has 4 nitrogen and oxygen atoms in total. The SMILES string of the molecule is O=C(C1CCS(=O)(=O)c2ccccc21)N1CCCC1/C=C/c1ccccc1. The first-order valence-corrected chi connectivity index (χ1v) is 11.1. The zero-order valence-corrected chi connectivity index (χ0v) is 15.9. The molecule has 27 heavy (non-hydrogen) atoms. The van der Waals surface area contributed by atoms with Crippen LogP contribution < -0.4 is 0 Å². The minimum atomic E-state index is -3.28. The summed E-state index contributed by atoms with van der Waals surface area (Å²) in [5.74, 6) is -0.272. The van der Waals surface area contributed by atoms with E-state index in [0.717, 1.165) is 24.9 Å². The summed E-state index contributed by atoms with van der Waals surface area (Å²) in [4.78, 5) is 15.5. The van der Waals surface area contributed by atoms with E-state index in [1.165, 1.54) is 0 Å². The Labute approximate surface area is 160 Å². The van der Waals surface area contributed by atoms with Crippen molar-refractivity contribution >= 4 is 21.8 Å². The second kappa shape index (κ2) is 7.31. The molecule has 2 aromatic carbocycles. The van der Waals surface area contributed by atoms with Gasteiger partial charge in [-0.15, -0.1) is 0 Å². The number of benzene rings is 2. The van der Waals surface area contributed by atoms with Gasteiger partial charge in [-0.2, -0.15) is 0 Å². The Kier molecular flexibility index (Phi) is 4.87. The van der Waals surface area contributed by atoms with Crippen molar-refractivity contribution in [3.8, 4) is 0 Å². The van der Waals surface area contributed by atoms with Crippen LogP contribution in [0.3, 0.4) is 0 Å². The number of carbonyl (C=O) groups excluding carboxylic acids is 1. The molecule has 0 aliphatic carbocycles. The molecule has 2 aromatic rings. The number of carbonyl (C=O) groups is 1. The standard InChI is InChI=1S/C22H23NO3S/c24-22(20-14-16-27(25,26)21-11-5-4-10-19(20)21)23-15-6-9-18(23)13-12-17-7-2-1-3-8-17/h1-5,7-8,10-13,18,20H,6,9,14-16H2/b13-12+. The van der Waals surface area contributed by atoms with Gasteiger partial charge >= 0.3 is 0 Å². The lowest BCUT2D eigenvalue weighted by Crippen LogP contribution is -2.40. The first kappa shape index (κ1) is 18.0. The predicted octanol–water partition coefficient (Wildman–Crippen LogP) is 3.65. The van der Waals surface area contributed by atoms with E-state index in [2.05, 4.69) is 12.2 Å². The van der Waals surface area contributed by atoms with Crippen LogP contribution in [0.5, 0.6) is 0 Å². The third kappa shape index (κ3) is 3.56. The van der Waals surface area contributed by atoms with Crippen LogP contribution in [0, 0.1) is 0 Å². The third-order valence-corrected chi connectivity index (χ3v) is 7.31. The average molecular weight is 381 g/mol. The summed E-state index contributed by atoms with van der Waals surface area (Å²) in [5, 5.41) is 0. The number of fused-ring (bicyclic) bond motifs is 1. The van der Waals surface area contributed by atoms with Gasteiger partial charge in [0.25, 0.3) is 0 Å². The van der Waals surface area contributed by atoms with Crippen LogP contribution in [0.1, 0.15) is 36.3 Å². The van der Waals surface area contributed by atoms with Crippen molar-refractivity contribution in [2.75, 3.05) is 12.3 Å². The summed E-state index contributed by atoms with van der Waals surface area (Å²) >= 11 is 0. The van der Waals surface area contributed by atoms with Crippen LogP contribution in [-0.2, 0) is 14.6 Å². The first-order chi connectivity index (χ1) is 13.1. The molecule has 0 aromatic heterocycles. The summed E-state index contributed by atoms with van der Waals surface area (Å²) in [6.45, 7) is 0.730. The minimum absolute atomic E-state index is 0.0405. The van der Waals surface area contributed by atoms with Crippen LogP contribution in [0.15, 0.2) is 65.6 Å². The van der Waals surface area contributed by atoms with Crippen LogP contribution in [-0.4, -0.2) is 37.6 Å². The molecule has 0 bridgehead atoms. The number of amides is 1. The smallest absolute Gasteiger partial charge is 0.230 e. The molecular formula is C22H23NO3S. The van der Waals surface area contributed by atoms with E-state index in [0.29, 0.717) is 16.9 Å². The number of nitrogens with zero attached hydrogens (tertiary/aromatic N) is 1. The fraction of sp³-hybridized carbons (Fsp3) is 0.318. The topological polar surface area (TPSA) is 54.5 Å². The van der Waals surface area contributed by atoms with Gasteiger partial charge in [-0.25, -0.2) is 8.42 Å². The van der Waals surface area contributed by atoms with Gasteiger partial charge in [0.15, 0.2) is 9.84 Å². The Hall–Kier alpha value is -2.40. The van der Waals surface area contributed by atoms with Gasteiger partial charge in [0.1, 0.15) is 0 Å². The zero-order chi connectivity index (χ0) is 18.9. The molecule has 0 spiro atoms. The molecule has 2 aliphatic rings. The predicted molar refractivity (Wildman–Crippen MR) is 106 cm³/mol. The highest BCUT2D eigenvalue weighted by atomic mass is 32.2. The van der Waals surface area contributed by atoms with Crippen molar-refractivity contribution in [2.24, 2.45) is 0 Å². The number of likely N-dealkylation sites (tertiary alicyclic amines) is 1. The third-order valence-electron chi connectivity index (χ3n) is 5.50. The lowest BCUT2D eigenvalue weighted by molar-refractivity contribution is -0.133. The van der Waals surface area contributed by atoms with Crippen molar-refractivity contribution in [3.63, 3.8) is 0 Å². The van der Waals surface area contributed by atoms with E-state index in [1.54, 1.807) is 18.2 Å². The van der Waals surface area contributed by atoms with Crippen molar-refractivity contribution < 1.29 is 13.2 Å². The Morgan fingerprint density at radius 2 is 1.74 bits per heavy atom. The summed E-state index contributed by atoms with van der Waals surface area (Å²) in [7, 11) is -3.28. The van der Waals surface area contributed by atoms with E-state index in [4.69, 9.17) is 0 Å². The fourth-order valence-corrected chi connectivity index (χ4v) is 5.72. The Morgan fingerprint density at radius 3 is 2.56 bits per heavy atom. The summed E-state index contributed by atoms with van der Waals surface area (Å²) in [6, 6.07) is 17.1. The van der Waals surface area contributed by atoms with E-state index >= 15 is 0 Å². The van der Waals surface area contributed by atoms with Gasteiger partial charge in [-0.1, -0.05) is 60.7 Å². The maximum Gasteiger partial charge on any atom is 0.230 e. The maximum absolute atomic E-state index is 13.3. The van der Waals surface area contributed by atoms with Crippen LogP contribution >= 0.6 is 0 Å². The van der Waals surface area contributed by atoms with Gasteiger partial charge in [-0.05, 0) is 36.5 Å². The Bertz CT molecular complexity index is 966. The largest absolute Gasteiger partial charge is 0.336 e. The van der Waals surface area contributed by atoms with Gasteiger partial charge in [-0.3, -0.25) is 4.79 Å². The van der Waals surface area contributed by atoms with Crippen LogP contribution in [0.25, 0.3) is 6.08 Å². The van der Waals surface area contributed by atoms with Crippen molar-refractivity contribution in [3.05, 3.63) is 71.8 Å². The normalized spacial score (nSPS) is 24.1.